The van der Waals surface area contributed by atoms with E-state index in [1.165, 1.54) is 6.07 Å². The summed E-state index contributed by atoms with van der Waals surface area (Å²) in [4.78, 5) is 49.7. The van der Waals surface area contributed by atoms with Crippen LogP contribution < -0.4 is 5.43 Å². The number of hydrogen-bond acceptors (Lipinski definition) is 4. The molecule has 23 heavy (non-hydrogen) atoms. The Labute approximate surface area is 132 Å². The highest BCUT2D eigenvalue weighted by Gasteiger charge is 2.29. The Morgan fingerprint density at radius 3 is 2.48 bits per heavy atom. The number of fused-ring (bicyclic) bond motifs is 2. The van der Waals surface area contributed by atoms with E-state index in [0.717, 1.165) is 11.0 Å². The molecule has 1 aliphatic rings. The zero-order chi connectivity index (χ0) is 16.9. The second-order valence-electron chi connectivity index (χ2n) is 5.05. The standard InChI is InChI=1S/C14H9ClN2O6/c15-11-7-3-17(14(22)23)4-10(19)5(7)1-6-9(18)2-8(13(20)21)16-12(6)11/h1-2H,3-4H2,(H,16,18)(H,20,21)(H,22,23). The first-order chi connectivity index (χ1) is 10.8. The topological polar surface area (TPSA) is 128 Å². The number of benzene rings is 1. The number of nitrogens with one attached hydrogen (secondary N) is 1. The normalized spacial score (nSPS) is 14.0. The van der Waals surface area contributed by atoms with Gasteiger partial charge in [-0.2, -0.15) is 0 Å². The molecule has 9 heteroatoms. The minimum absolute atomic E-state index is 0.0306. The van der Waals surface area contributed by atoms with Crippen LogP contribution in [0.15, 0.2) is 16.9 Å². The zero-order valence-corrected chi connectivity index (χ0v) is 12.2. The van der Waals surface area contributed by atoms with Crippen molar-refractivity contribution in [2.75, 3.05) is 6.54 Å². The Balaban J connectivity index is 2.33. The van der Waals surface area contributed by atoms with Crippen molar-refractivity contribution < 1.29 is 24.6 Å². The zero-order valence-electron chi connectivity index (χ0n) is 11.4. The lowest BCUT2D eigenvalue weighted by atomic mass is 9.96. The molecule has 2 aromatic rings. The molecule has 3 N–H and O–H groups in total. The molecule has 8 nitrogen and oxygen atoms in total. The number of Topliss-reactive ketones (excluding diaryl/α,β-unsaturated/α-hetero) is 1. The van der Waals surface area contributed by atoms with Gasteiger partial charge in [-0.3, -0.25) is 14.5 Å². The first kappa shape index (κ1) is 15.0. The van der Waals surface area contributed by atoms with Gasteiger partial charge in [0.2, 0.25) is 0 Å². The van der Waals surface area contributed by atoms with Gasteiger partial charge >= 0.3 is 12.1 Å². The van der Waals surface area contributed by atoms with Gasteiger partial charge in [-0.05, 0) is 6.07 Å². The molecule has 0 fully saturated rings. The monoisotopic (exact) mass is 336 g/mol. The molecule has 118 valence electrons. The van der Waals surface area contributed by atoms with E-state index in [1.54, 1.807) is 0 Å². The second-order valence-corrected chi connectivity index (χ2v) is 5.43. The van der Waals surface area contributed by atoms with Gasteiger partial charge in [0.25, 0.3) is 0 Å². The first-order valence-electron chi connectivity index (χ1n) is 6.42. The number of aromatic amines is 1. The number of aromatic carboxylic acids is 1. The largest absolute Gasteiger partial charge is 0.477 e. The van der Waals surface area contributed by atoms with Crippen LogP contribution in [0.3, 0.4) is 0 Å². The number of carboxylic acids is 1. The number of ketones is 1. The van der Waals surface area contributed by atoms with Crippen LogP contribution >= 0.6 is 11.6 Å². The van der Waals surface area contributed by atoms with E-state index in [2.05, 4.69) is 4.98 Å². The molecule has 0 atom stereocenters. The van der Waals surface area contributed by atoms with Gasteiger partial charge < -0.3 is 15.2 Å². The minimum atomic E-state index is -1.33. The fraction of sp³-hybridized carbons (Fsp3) is 0.143. The van der Waals surface area contributed by atoms with Gasteiger partial charge in [-0.15, -0.1) is 0 Å². The van der Waals surface area contributed by atoms with Gasteiger partial charge in [0, 0.05) is 22.6 Å². The van der Waals surface area contributed by atoms with Crippen molar-refractivity contribution in [3.8, 4) is 0 Å². The summed E-state index contributed by atoms with van der Waals surface area (Å²) < 4.78 is 0. The lowest BCUT2D eigenvalue weighted by Gasteiger charge is -2.26. The molecule has 1 aromatic carbocycles. The molecule has 0 saturated carbocycles. The summed E-state index contributed by atoms with van der Waals surface area (Å²) >= 11 is 6.21. The number of pyridine rings is 1. The number of carbonyl (C=O) groups excluding carboxylic acids is 1. The molecule has 0 saturated heterocycles. The van der Waals surface area contributed by atoms with Crippen LogP contribution in [0.25, 0.3) is 10.9 Å². The lowest BCUT2D eigenvalue weighted by molar-refractivity contribution is 0.0690. The van der Waals surface area contributed by atoms with E-state index < -0.39 is 23.3 Å². The van der Waals surface area contributed by atoms with Crippen LogP contribution in [-0.2, 0) is 6.54 Å². The van der Waals surface area contributed by atoms with Crippen LogP contribution in [0.4, 0.5) is 4.79 Å². The predicted octanol–water partition coefficient (Wildman–Crippen LogP) is 1.56. The van der Waals surface area contributed by atoms with Gasteiger partial charge in [0.05, 0.1) is 23.6 Å². The number of rotatable bonds is 1. The van der Waals surface area contributed by atoms with Crippen molar-refractivity contribution in [1.29, 1.82) is 0 Å². The third-order valence-electron chi connectivity index (χ3n) is 3.65. The molecule has 0 spiro atoms. The number of carbonyl (C=O) groups is 3. The molecule has 0 aliphatic carbocycles. The fourth-order valence-electron chi connectivity index (χ4n) is 2.55. The number of H-pyrrole nitrogens is 1. The van der Waals surface area contributed by atoms with Gasteiger partial charge in [0.15, 0.2) is 11.2 Å². The maximum Gasteiger partial charge on any atom is 0.408 e. The summed E-state index contributed by atoms with van der Waals surface area (Å²) in [5, 5.41) is 18.1. The SMILES string of the molecule is O=C(O)c1cc(=O)c2cc3c(c(Cl)c2[nH]1)CN(C(=O)O)CC3=O. The smallest absolute Gasteiger partial charge is 0.408 e. The molecule has 0 unspecified atom stereocenters. The highest BCUT2D eigenvalue weighted by molar-refractivity contribution is 6.36. The fourth-order valence-corrected chi connectivity index (χ4v) is 2.86. The number of halogens is 1. The summed E-state index contributed by atoms with van der Waals surface area (Å²) in [6.07, 6.45) is -1.27. The first-order valence-corrected chi connectivity index (χ1v) is 6.80. The number of carboxylic acid groups (broad SMARTS) is 2. The lowest BCUT2D eigenvalue weighted by Crippen LogP contribution is -2.38. The molecule has 0 bridgehead atoms. The van der Waals surface area contributed by atoms with Gasteiger partial charge in [-0.25, -0.2) is 9.59 Å². The van der Waals surface area contributed by atoms with Crippen molar-refractivity contribution in [3.63, 3.8) is 0 Å². The minimum Gasteiger partial charge on any atom is -0.477 e. The number of amides is 1. The average molecular weight is 337 g/mol. The van der Waals surface area contributed by atoms with E-state index in [4.69, 9.17) is 21.8 Å². The summed E-state index contributed by atoms with van der Waals surface area (Å²) in [6, 6.07) is 2.23. The number of aromatic nitrogens is 1. The summed E-state index contributed by atoms with van der Waals surface area (Å²) in [5.41, 5.74) is -0.448. The van der Waals surface area contributed by atoms with Gasteiger partial charge in [0.1, 0.15) is 5.69 Å². The summed E-state index contributed by atoms with van der Waals surface area (Å²) in [7, 11) is 0. The molecular formula is C14H9ClN2O6. The summed E-state index contributed by atoms with van der Waals surface area (Å²) in [5.74, 6) is -1.81. The van der Waals surface area contributed by atoms with Crippen LogP contribution in [0.5, 0.6) is 0 Å². The van der Waals surface area contributed by atoms with Gasteiger partial charge in [-0.1, -0.05) is 11.6 Å². The third kappa shape index (κ3) is 2.33. The van der Waals surface area contributed by atoms with Crippen LogP contribution in [0.1, 0.15) is 26.4 Å². The molecule has 3 rings (SSSR count). The maximum atomic E-state index is 12.1. The molecule has 1 aromatic heterocycles. The Morgan fingerprint density at radius 2 is 1.87 bits per heavy atom. The Kier molecular flexibility index (Phi) is 3.33. The van der Waals surface area contributed by atoms with E-state index in [1.807, 2.05) is 0 Å². The predicted molar refractivity (Wildman–Crippen MR) is 79.3 cm³/mol. The van der Waals surface area contributed by atoms with E-state index in [0.29, 0.717) is 0 Å². The Bertz CT molecular complexity index is 948. The van der Waals surface area contributed by atoms with E-state index in [-0.39, 0.29) is 45.8 Å². The molecule has 1 amide bonds. The third-order valence-corrected chi connectivity index (χ3v) is 4.07. The van der Waals surface area contributed by atoms with Crippen LogP contribution in [0, 0.1) is 0 Å². The second kappa shape index (κ2) is 5.10. The van der Waals surface area contributed by atoms with Crippen LogP contribution in [-0.4, -0.2) is 44.5 Å². The number of nitrogens with zero attached hydrogens (tertiary/aromatic N) is 1. The maximum absolute atomic E-state index is 12.1. The highest BCUT2D eigenvalue weighted by Crippen LogP contribution is 2.32. The number of hydrogen-bond donors (Lipinski definition) is 3. The quantitative estimate of drug-likeness (QED) is 0.725. The van der Waals surface area contributed by atoms with Crippen molar-refractivity contribution in [2.24, 2.45) is 0 Å². The molecule has 1 aliphatic heterocycles. The molecular weight excluding hydrogens is 328 g/mol. The van der Waals surface area contributed by atoms with E-state index in [9.17, 15) is 19.2 Å². The van der Waals surface area contributed by atoms with E-state index >= 15 is 0 Å². The Morgan fingerprint density at radius 1 is 1.17 bits per heavy atom. The van der Waals surface area contributed by atoms with Crippen molar-refractivity contribution in [3.05, 3.63) is 44.2 Å². The van der Waals surface area contributed by atoms with Crippen LogP contribution in [0.2, 0.25) is 5.02 Å². The molecule has 2 heterocycles. The van der Waals surface area contributed by atoms with Crippen molar-refractivity contribution >= 4 is 40.3 Å². The highest BCUT2D eigenvalue weighted by atomic mass is 35.5. The van der Waals surface area contributed by atoms with Crippen molar-refractivity contribution in [1.82, 2.24) is 9.88 Å². The summed E-state index contributed by atoms with van der Waals surface area (Å²) in [6.45, 7) is -0.445. The molecule has 0 radical (unpaired) electrons. The average Bonchev–Trinajstić information content (AvgIpc) is 2.48. The Hall–Kier alpha value is -2.87. The van der Waals surface area contributed by atoms with Crippen molar-refractivity contribution in [2.45, 2.75) is 6.54 Å².